The number of rotatable bonds is 7. The quantitative estimate of drug-likeness (QED) is 0.610. The maximum absolute atomic E-state index is 13.0. The molecule has 0 radical (unpaired) electrons. The lowest BCUT2D eigenvalue weighted by atomic mass is 9.99. The molecule has 5 heteroatoms. The van der Waals surface area contributed by atoms with Crippen LogP contribution in [0.3, 0.4) is 0 Å². The van der Waals surface area contributed by atoms with Gasteiger partial charge in [-0.2, -0.15) is 0 Å². The predicted octanol–water partition coefficient (Wildman–Crippen LogP) is 3.30. The van der Waals surface area contributed by atoms with Crippen molar-refractivity contribution >= 4 is 6.09 Å². The molecule has 0 saturated carbocycles. The highest BCUT2D eigenvalue weighted by Crippen LogP contribution is 2.32. The van der Waals surface area contributed by atoms with E-state index in [1.165, 1.54) is 31.4 Å². The van der Waals surface area contributed by atoms with Crippen molar-refractivity contribution < 1.29 is 18.7 Å². The monoisotopic (exact) mass is 269 g/mol. The van der Waals surface area contributed by atoms with E-state index in [4.69, 9.17) is 15.2 Å². The molecule has 0 bridgehead atoms. The number of amides is 1. The summed E-state index contributed by atoms with van der Waals surface area (Å²) < 4.78 is 23.5. The summed E-state index contributed by atoms with van der Waals surface area (Å²) in [5.74, 6) is -1.60. The molecule has 1 rings (SSSR count). The summed E-state index contributed by atoms with van der Waals surface area (Å²) in [7, 11) is 1.44. The lowest BCUT2D eigenvalue weighted by Crippen LogP contribution is -2.36. The van der Waals surface area contributed by atoms with E-state index in [-0.39, 0.29) is 5.82 Å². The molecule has 19 heavy (non-hydrogen) atoms. The van der Waals surface area contributed by atoms with Gasteiger partial charge < -0.3 is 15.2 Å². The van der Waals surface area contributed by atoms with Gasteiger partial charge in [0, 0.05) is 19.1 Å². The first-order valence-electron chi connectivity index (χ1n) is 6.33. The molecule has 0 spiro atoms. The lowest BCUT2D eigenvalue weighted by molar-refractivity contribution is -0.197. The average Bonchev–Trinajstić information content (AvgIpc) is 2.38. The average molecular weight is 269 g/mol. The van der Waals surface area contributed by atoms with E-state index < -0.39 is 11.9 Å². The van der Waals surface area contributed by atoms with Gasteiger partial charge in [0.2, 0.25) is 5.79 Å². The number of ether oxygens (including phenoxy) is 2. The molecule has 1 aromatic carbocycles. The van der Waals surface area contributed by atoms with Gasteiger partial charge in [-0.3, -0.25) is 0 Å². The summed E-state index contributed by atoms with van der Waals surface area (Å²) in [5.41, 5.74) is 5.69. The molecule has 0 saturated heterocycles. The molecule has 0 heterocycles. The van der Waals surface area contributed by atoms with Crippen molar-refractivity contribution in [2.45, 2.75) is 38.4 Å². The molecule has 4 nitrogen and oxygen atoms in total. The van der Waals surface area contributed by atoms with E-state index in [2.05, 4.69) is 6.92 Å². The Bertz CT molecular complexity index is 408. The summed E-state index contributed by atoms with van der Waals surface area (Å²) in [6, 6.07) is 5.67. The zero-order chi connectivity index (χ0) is 14.3. The summed E-state index contributed by atoms with van der Waals surface area (Å²) >= 11 is 0. The number of benzene rings is 1. The van der Waals surface area contributed by atoms with Crippen LogP contribution in [0.25, 0.3) is 0 Å². The van der Waals surface area contributed by atoms with Crippen LogP contribution in [0, 0.1) is 5.82 Å². The number of hydrogen-bond acceptors (Lipinski definition) is 3. The highest BCUT2D eigenvalue weighted by atomic mass is 19.1. The van der Waals surface area contributed by atoms with Crippen LogP contribution in [0.1, 0.15) is 38.2 Å². The van der Waals surface area contributed by atoms with E-state index in [0.717, 1.165) is 19.3 Å². The zero-order valence-electron chi connectivity index (χ0n) is 11.3. The van der Waals surface area contributed by atoms with Crippen molar-refractivity contribution in [3.05, 3.63) is 35.6 Å². The number of carbonyl (C=O) groups is 1. The molecular formula is C14H20FNO3. The van der Waals surface area contributed by atoms with Gasteiger partial charge in [-0.25, -0.2) is 9.18 Å². The van der Waals surface area contributed by atoms with Crippen LogP contribution < -0.4 is 5.73 Å². The molecule has 2 N–H and O–H groups in total. The van der Waals surface area contributed by atoms with Crippen LogP contribution in [0.2, 0.25) is 0 Å². The second-order valence-corrected chi connectivity index (χ2v) is 4.34. The van der Waals surface area contributed by atoms with Gasteiger partial charge in [0.05, 0.1) is 0 Å². The maximum Gasteiger partial charge on any atom is 0.407 e. The Morgan fingerprint density at radius 1 is 1.32 bits per heavy atom. The minimum absolute atomic E-state index is 0.360. The van der Waals surface area contributed by atoms with E-state index >= 15 is 0 Å². The number of methoxy groups -OCH3 is 1. The first kappa shape index (κ1) is 15.4. The van der Waals surface area contributed by atoms with Crippen LogP contribution in [-0.2, 0) is 15.3 Å². The van der Waals surface area contributed by atoms with Crippen LogP contribution >= 0.6 is 0 Å². The van der Waals surface area contributed by atoms with E-state index in [1.807, 2.05) is 0 Å². The number of carbonyl (C=O) groups excluding carboxylic acids is 1. The van der Waals surface area contributed by atoms with Crippen molar-refractivity contribution in [1.29, 1.82) is 0 Å². The molecule has 1 atom stereocenters. The SMILES string of the molecule is CCCCC[C@@](OC)(OC(N)=O)c1ccc(F)cc1. The number of unbranched alkanes of at least 4 members (excludes halogenated alkanes) is 2. The van der Waals surface area contributed by atoms with Crippen molar-refractivity contribution in [3.8, 4) is 0 Å². The third-order valence-electron chi connectivity index (χ3n) is 2.99. The zero-order valence-corrected chi connectivity index (χ0v) is 11.3. The molecule has 0 aliphatic rings. The molecule has 0 aromatic heterocycles. The minimum atomic E-state index is -1.24. The van der Waals surface area contributed by atoms with Gasteiger partial charge in [0.15, 0.2) is 0 Å². The third kappa shape index (κ3) is 4.21. The Balaban J connectivity index is 3.00. The first-order chi connectivity index (χ1) is 9.04. The summed E-state index contributed by atoms with van der Waals surface area (Å²) in [6.45, 7) is 2.07. The standard InChI is InChI=1S/C14H20FNO3/c1-3-4-5-10-14(18-2,19-13(16)17)11-6-8-12(15)9-7-11/h6-9H,3-5,10H2,1-2H3,(H2,16,17)/t14-/m1/s1. The minimum Gasteiger partial charge on any atom is -0.413 e. The molecular weight excluding hydrogens is 249 g/mol. The number of nitrogens with two attached hydrogens (primary N) is 1. The number of primary amides is 1. The van der Waals surface area contributed by atoms with Gasteiger partial charge in [0.1, 0.15) is 5.82 Å². The van der Waals surface area contributed by atoms with Crippen LogP contribution in [0.4, 0.5) is 9.18 Å². The van der Waals surface area contributed by atoms with Gasteiger partial charge in [-0.15, -0.1) is 0 Å². The largest absolute Gasteiger partial charge is 0.413 e. The molecule has 106 valence electrons. The van der Waals surface area contributed by atoms with Crippen LogP contribution in [0.15, 0.2) is 24.3 Å². The smallest absolute Gasteiger partial charge is 0.407 e. The molecule has 0 unspecified atom stereocenters. The fraction of sp³-hybridized carbons (Fsp3) is 0.500. The summed E-state index contributed by atoms with van der Waals surface area (Å²) in [4.78, 5) is 11.1. The highest BCUT2D eigenvalue weighted by Gasteiger charge is 2.35. The fourth-order valence-electron chi connectivity index (χ4n) is 1.99. The van der Waals surface area contributed by atoms with Gasteiger partial charge >= 0.3 is 6.09 Å². The lowest BCUT2D eigenvalue weighted by Gasteiger charge is -2.31. The van der Waals surface area contributed by atoms with Crippen molar-refractivity contribution in [2.24, 2.45) is 5.73 Å². The van der Waals surface area contributed by atoms with Gasteiger partial charge in [-0.05, 0) is 30.7 Å². The molecule has 1 aromatic rings. The van der Waals surface area contributed by atoms with Crippen LogP contribution in [0.5, 0.6) is 0 Å². The highest BCUT2D eigenvalue weighted by molar-refractivity contribution is 5.65. The Hall–Kier alpha value is -1.62. The second kappa shape index (κ2) is 7.09. The summed E-state index contributed by atoms with van der Waals surface area (Å²) in [5, 5.41) is 0. The Kier molecular flexibility index (Phi) is 5.76. The second-order valence-electron chi connectivity index (χ2n) is 4.34. The van der Waals surface area contributed by atoms with Gasteiger partial charge in [0.25, 0.3) is 0 Å². The van der Waals surface area contributed by atoms with Gasteiger partial charge in [-0.1, -0.05) is 19.8 Å². The third-order valence-corrected chi connectivity index (χ3v) is 2.99. The van der Waals surface area contributed by atoms with E-state index in [1.54, 1.807) is 0 Å². The molecule has 0 fully saturated rings. The Morgan fingerprint density at radius 3 is 2.42 bits per heavy atom. The normalized spacial score (nSPS) is 13.8. The Labute approximate surface area is 112 Å². The van der Waals surface area contributed by atoms with E-state index in [0.29, 0.717) is 12.0 Å². The maximum atomic E-state index is 13.0. The number of hydrogen-bond donors (Lipinski definition) is 1. The van der Waals surface area contributed by atoms with E-state index in [9.17, 15) is 9.18 Å². The summed E-state index contributed by atoms with van der Waals surface area (Å²) in [6.07, 6.45) is 2.39. The van der Waals surface area contributed by atoms with Crippen molar-refractivity contribution in [1.82, 2.24) is 0 Å². The fourth-order valence-corrected chi connectivity index (χ4v) is 1.99. The van der Waals surface area contributed by atoms with Crippen molar-refractivity contribution in [2.75, 3.05) is 7.11 Å². The number of halogens is 1. The Morgan fingerprint density at radius 2 is 1.95 bits per heavy atom. The van der Waals surface area contributed by atoms with Crippen LogP contribution in [-0.4, -0.2) is 13.2 Å². The molecule has 0 aliphatic heterocycles. The van der Waals surface area contributed by atoms with Crippen molar-refractivity contribution in [3.63, 3.8) is 0 Å². The molecule has 0 aliphatic carbocycles. The topological polar surface area (TPSA) is 61.6 Å². The predicted molar refractivity (Wildman–Crippen MR) is 69.9 cm³/mol. The molecule has 1 amide bonds. The first-order valence-corrected chi connectivity index (χ1v) is 6.33.